The number of rotatable bonds is 6. The second-order valence-corrected chi connectivity index (χ2v) is 7.77. The molecule has 2 rings (SSSR count). The molecular formula is C22H24N2O4S. The summed E-state index contributed by atoms with van der Waals surface area (Å²) in [5.41, 5.74) is 2.55. The average Bonchev–Trinajstić information content (AvgIpc) is 2.64. The Labute approximate surface area is 175 Å². The van der Waals surface area contributed by atoms with E-state index in [0.717, 1.165) is 6.08 Å². The highest BCUT2D eigenvalue weighted by molar-refractivity contribution is 7.80. The van der Waals surface area contributed by atoms with E-state index in [4.69, 9.17) is 22.1 Å². The SMILES string of the molecule is CC(C)(C)c1ccc(OCC(=O)NC(=S)Nc2cccc(/C=C/C(=O)O)c2)cc1. The fourth-order valence-corrected chi connectivity index (χ4v) is 2.64. The molecule has 0 aromatic heterocycles. The van der Waals surface area contributed by atoms with Crippen molar-refractivity contribution in [3.05, 3.63) is 65.7 Å². The lowest BCUT2D eigenvalue weighted by molar-refractivity contribution is -0.131. The molecule has 0 saturated heterocycles. The van der Waals surface area contributed by atoms with Crippen molar-refractivity contribution in [2.75, 3.05) is 11.9 Å². The monoisotopic (exact) mass is 412 g/mol. The van der Waals surface area contributed by atoms with Crippen LogP contribution >= 0.6 is 12.2 Å². The quantitative estimate of drug-likeness (QED) is 0.491. The van der Waals surface area contributed by atoms with Gasteiger partial charge in [-0.25, -0.2) is 4.79 Å². The minimum Gasteiger partial charge on any atom is -0.484 e. The third-order valence-corrected chi connectivity index (χ3v) is 4.11. The number of benzene rings is 2. The number of amides is 1. The molecule has 1 amide bonds. The van der Waals surface area contributed by atoms with Gasteiger partial charge in [-0.05, 0) is 59.1 Å². The molecule has 6 nitrogen and oxygen atoms in total. The molecule has 0 aliphatic heterocycles. The molecule has 0 aliphatic rings. The summed E-state index contributed by atoms with van der Waals surface area (Å²) in [6, 6.07) is 14.6. The van der Waals surface area contributed by atoms with Gasteiger partial charge in [0.1, 0.15) is 5.75 Å². The van der Waals surface area contributed by atoms with Crippen LogP contribution in [0.4, 0.5) is 5.69 Å². The van der Waals surface area contributed by atoms with Crippen molar-refractivity contribution in [3.8, 4) is 5.75 Å². The highest BCUT2D eigenvalue weighted by Crippen LogP contribution is 2.24. The first kappa shape index (κ1) is 22.1. The highest BCUT2D eigenvalue weighted by atomic mass is 32.1. The minimum atomic E-state index is -1.03. The summed E-state index contributed by atoms with van der Waals surface area (Å²) in [4.78, 5) is 22.6. The number of anilines is 1. The van der Waals surface area contributed by atoms with E-state index in [2.05, 4.69) is 31.4 Å². The summed E-state index contributed by atoms with van der Waals surface area (Å²) in [5.74, 6) is -0.812. The largest absolute Gasteiger partial charge is 0.484 e. The van der Waals surface area contributed by atoms with Crippen LogP contribution in [-0.2, 0) is 15.0 Å². The van der Waals surface area contributed by atoms with Gasteiger partial charge in [0.2, 0.25) is 0 Å². The molecule has 0 bridgehead atoms. The number of nitrogens with one attached hydrogen (secondary N) is 2. The summed E-state index contributed by atoms with van der Waals surface area (Å²) < 4.78 is 5.50. The Hall–Kier alpha value is -3.19. The zero-order valence-electron chi connectivity index (χ0n) is 16.6. The Morgan fingerprint density at radius 3 is 2.45 bits per heavy atom. The van der Waals surface area contributed by atoms with Gasteiger partial charge in [-0.2, -0.15) is 0 Å². The molecule has 0 fully saturated rings. The third kappa shape index (κ3) is 7.75. The van der Waals surface area contributed by atoms with E-state index in [-0.39, 0.29) is 23.0 Å². The minimum absolute atomic E-state index is 0.0501. The second-order valence-electron chi connectivity index (χ2n) is 7.36. The summed E-state index contributed by atoms with van der Waals surface area (Å²) >= 11 is 5.14. The molecule has 2 aromatic rings. The molecule has 0 aliphatic carbocycles. The van der Waals surface area contributed by atoms with Gasteiger partial charge in [0, 0.05) is 11.8 Å². The number of carbonyl (C=O) groups excluding carboxylic acids is 1. The first-order chi connectivity index (χ1) is 13.6. The van der Waals surface area contributed by atoms with Crippen LogP contribution < -0.4 is 15.4 Å². The van der Waals surface area contributed by atoms with E-state index in [1.165, 1.54) is 11.6 Å². The topological polar surface area (TPSA) is 87.7 Å². The lowest BCUT2D eigenvalue weighted by Crippen LogP contribution is -2.37. The summed E-state index contributed by atoms with van der Waals surface area (Å²) in [6.45, 7) is 6.21. The maximum absolute atomic E-state index is 12.0. The molecule has 0 heterocycles. The molecular weight excluding hydrogens is 388 g/mol. The van der Waals surface area contributed by atoms with Crippen LogP contribution in [-0.4, -0.2) is 28.7 Å². The zero-order chi connectivity index (χ0) is 21.4. The predicted molar refractivity (Wildman–Crippen MR) is 118 cm³/mol. The van der Waals surface area contributed by atoms with Crippen molar-refractivity contribution in [2.24, 2.45) is 0 Å². The molecule has 0 atom stereocenters. The maximum atomic E-state index is 12.0. The van der Waals surface area contributed by atoms with Gasteiger partial charge < -0.3 is 15.2 Å². The van der Waals surface area contributed by atoms with Gasteiger partial charge in [0.05, 0.1) is 0 Å². The lowest BCUT2D eigenvalue weighted by Gasteiger charge is -2.19. The molecule has 3 N–H and O–H groups in total. The maximum Gasteiger partial charge on any atom is 0.328 e. The van der Waals surface area contributed by atoms with Gasteiger partial charge in [0.25, 0.3) is 5.91 Å². The first-order valence-electron chi connectivity index (χ1n) is 8.99. The lowest BCUT2D eigenvalue weighted by atomic mass is 9.87. The van der Waals surface area contributed by atoms with Crippen LogP contribution in [0, 0.1) is 0 Å². The second kappa shape index (κ2) is 9.84. The number of ether oxygens (including phenoxy) is 1. The fourth-order valence-electron chi connectivity index (χ4n) is 2.41. The van der Waals surface area contributed by atoms with Crippen LogP contribution in [0.5, 0.6) is 5.75 Å². The molecule has 7 heteroatoms. The number of aliphatic carboxylic acids is 1. The molecule has 0 spiro atoms. The van der Waals surface area contributed by atoms with Crippen LogP contribution in [0.2, 0.25) is 0 Å². The van der Waals surface area contributed by atoms with Crippen molar-refractivity contribution in [2.45, 2.75) is 26.2 Å². The Morgan fingerprint density at radius 2 is 1.83 bits per heavy atom. The van der Waals surface area contributed by atoms with Gasteiger partial charge in [-0.3, -0.25) is 10.1 Å². The van der Waals surface area contributed by atoms with Gasteiger partial charge in [-0.1, -0.05) is 45.0 Å². The van der Waals surface area contributed by atoms with Crippen molar-refractivity contribution < 1.29 is 19.4 Å². The van der Waals surface area contributed by atoms with E-state index >= 15 is 0 Å². The van der Waals surface area contributed by atoms with Gasteiger partial charge >= 0.3 is 5.97 Å². The van der Waals surface area contributed by atoms with E-state index in [9.17, 15) is 9.59 Å². The Morgan fingerprint density at radius 1 is 1.14 bits per heavy atom. The van der Waals surface area contributed by atoms with Crippen LogP contribution in [0.25, 0.3) is 6.08 Å². The number of carboxylic acids is 1. The normalized spacial score (nSPS) is 11.1. The van der Waals surface area contributed by atoms with Crippen LogP contribution in [0.1, 0.15) is 31.9 Å². The third-order valence-electron chi connectivity index (χ3n) is 3.91. The van der Waals surface area contributed by atoms with Gasteiger partial charge in [0.15, 0.2) is 11.7 Å². The van der Waals surface area contributed by atoms with Crippen molar-refractivity contribution in [3.63, 3.8) is 0 Å². The van der Waals surface area contributed by atoms with Crippen LogP contribution in [0.3, 0.4) is 0 Å². The van der Waals surface area contributed by atoms with E-state index in [1.54, 1.807) is 24.3 Å². The molecule has 29 heavy (non-hydrogen) atoms. The smallest absolute Gasteiger partial charge is 0.328 e. The van der Waals surface area contributed by atoms with Crippen LogP contribution in [0.15, 0.2) is 54.6 Å². The predicted octanol–water partition coefficient (Wildman–Crippen LogP) is 3.97. The van der Waals surface area contributed by atoms with Crippen molar-refractivity contribution in [1.82, 2.24) is 5.32 Å². The highest BCUT2D eigenvalue weighted by Gasteiger charge is 2.13. The van der Waals surface area contributed by atoms with Gasteiger partial charge in [-0.15, -0.1) is 0 Å². The number of hydrogen-bond acceptors (Lipinski definition) is 4. The zero-order valence-corrected chi connectivity index (χ0v) is 17.4. The van der Waals surface area contributed by atoms with E-state index < -0.39 is 5.97 Å². The standard InChI is InChI=1S/C22H24N2O4S/c1-22(2,3)16-8-10-18(11-9-16)28-14-19(25)24-21(29)23-17-6-4-5-15(13-17)7-12-20(26)27/h4-13H,14H2,1-3H3,(H,26,27)(H2,23,24,25,29)/b12-7+. The molecule has 0 radical (unpaired) electrons. The number of carbonyl (C=O) groups is 2. The summed E-state index contributed by atoms with van der Waals surface area (Å²) in [7, 11) is 0. The van der Waals surface area contributed by atoms with E-state index in [1.807, 2.05) is 24.3 Å². The van der Waals surface area contributed by atoms with Crippen molar-refractivity contribution in [1.29, 1.82) is 0 Å². The molecule has 0 saturated carbocycles. The number of hydrogen-bond donors (Lipinski definition) is 3. The first-order valence-corrected chi connectivity index (χ1v) is 9.39. The number of carboxylic acid groups (broad SMARTS) is 1. The Kier molecular flexibility index (Phi) is 7.50. The molecule has 0 unspecified atom stereocenters. The average molecular weight is 413 g/mol. The summed E-state index contributed by atoms with van der Waals surface area (Å²) in [5, 5.41) is 14.2. The van der Waals surface area contributed by atoms with Crippen molar-refractivity contribution >= 4 is 41.0 Å². The fraction of sp³-hybridized carbons (Fsp3) is 0.227. The summed E-state index contributed by atoms with van der Waals surface area (Å²) in [6.07, 6.45) is 2.51. The molecule has 2 aromatic carbocycles. The molecule has 152 valence electrons. The van der Waals surface area contributed by atoms with E-state index in [0.29, 0.717) is 17.0 Å². The Balaban J connectivity index is 1.84. The number of thiocarbonyl (C=S) groups is 1. The Bertz CT molecular complexity index is 915.